The van der Waals surface area contributed by atoms with E-state index in [-0.39, 0.29) is 29.4 Å². The fourth-order valence-electron chi connectivity index (χ4n) is 2.66. The molecule has 0 spiro atoms. The lowest BCUT2D eigenvalue weighted by Gasteiger charge is -2.23. The molecule has 0 bridgehead atoms. The predicted molar refractivity (Wildman–Crippen MR) is 87.9 cm³/mol. The van der Waals surface area contributed by atoms with Crippen LogP contribution in [0.3, 0.4) is 0 Å². The maximum atomic E-state index is 14.4. The predicted octanol–water partition coefficient (Wildman–Crippen LogP) is 5.91. The molecule has 0 aliphatic carbocycles. The van der Waals surface area contributed by atoms with Crippen LogP contribution in [0.5, 0.6) is 0 Å². The van der Waals surface area contributed by atoms with Gasteiger partial charge in [0.2, 0.25) is 5.24 Å². The van der Waals surface area contributed by atoms with Gasteiger partial charge in [0, 0.05) is 6.42 Å². The molecule has 1 atom stereocenters. The van der Waals surface area contributed by atoms with Gasteiger partial charge in [-0.3, -0.25) is 4.79 Å². The van der Waals surface area contributed by atoms with E-state index in [1.165, 1.54) is 0 Å². The number of alkyl halides is 1. The fourth-order valence-corrected chi connectivity index (χ4v) is 2.79. The Balaban J connectivity index is 3.52. The van der Waals surface area contributed by atoms with Crippen molar-refractivity contribution in [1.29, 1.82) is 0 Å². The zero-order valence-electron chi connectivity index (χ0n) is 13.8. The molecule has 0 fully saturated rings. The van der Waals surface area contributed by atoms with Crippen molar-refractivity contribution in [3.05, 3.63) is 34.4 Å². The van der Waals surface area contributed by atoms with E-state index in [9.17, 15) is 9.18 Å². The summed E-state index contributed by atoms with van der Waals surface area (Å²) in [7, 11) is 0. The number of rotatable bonds is 6. The van der Waals surface area contributed by atoms with Crippen LogP contribution in [0.1, 0.15) is 81.8 Å². The summed E-state index contributed by atoms with van der Waals surface area (Å²) >= 11 is 5.61. The van der Waals surface area contributed by atoms with Crippen LogP contribution in [0.15, 0.2) is 12.1 Å². The fraction of sp³-hybridized carbons (Fsp3) is 0.611. The van der Waals surface area contributed by atoms with Gasteiger partial charge in [0.15, 0.2) is 0 Å². The Bertz CT molecular complexity index is 477. The van der Waals surface area contributed by atoms with Crippen molar-refractivity contribution in [3.8, 4) is 0 Å². The number of benzene rings is 1. The first-order valence-corrected chi connectivity index (χ1v) is 8.01. The average molecular weight is 313 g/mol. The number of hydrogen-bond donors (Lipinski definition) is 0. The summed E-state index contributed by atoms with van der Waals surface area (Å²) in [5, 5.41) is -0.368. The molecule has 0 heterocycles. The van der Waals surface area contributed by atoms with Crippen LogP contribution in [-0.2, 0) is 11.2 Å². The van der Waals surface area contributed by atoms with Gasteiger partial charge in [-0.2, -0.15) is 0 Å². The highest BCUT2D eigenvalue weighted by Crippen LogP contribution is 2.35. The van der Waals surface area contributed by atoms with Crippen LogP contribution >= 0.6 is 11.6 Å². The molecule has 1 nitrogen and oxygen atoms in total. The summed E-state index contributed by atoms with van der Waals surface area (Å²) in [6.07, 6.45) is -0.776. The minimum atomic E-state index is -0.985. The molecule has 0 aliphatic heterocycles. The maximum Gasteiger partial charge on any atom is 0.226 e. The topological polar surface area (TPSA) is 17.1 Å². The van der Waals surface area contributed by atoms with Gasteiger partial charge in [0.25, 0.3) is 0 Å². The molecule has 3 heteroatoms. The van der Waals surface area contributed by atoms with Crippen molar-refractivity contribution >= 4 is 16.8 Å². The van der Waals surface area contributed by atoms with E-state index in [1.807, 2.05) is 26.0 Å². The molecule has 0 aromatic heterocycles. The van der Waals surface area contributed by atoms with E-state index in [1.54, 1.807) is 0 Å². The van der Waals surface area contributed by atoms with Gasteiger partial charge in [-0.05, 0) is 51.6 Å². The lowest BCUT2D eigenvalue weighted by atomic mass is 9.83. The second kappa shape index (κ2) is 7.40. The summed E-state index contributed by atoms with van der Waals surface area (Å²) in [5.41, 5.74) is 3.75. The Morgan fingerprint density at radius 2 is 1.48 bits per heavy atom. The normalized spacial score (nSPS) is 13.3. The molecular weight excluding hydrogens is 287 g/mol. The van der Waals surface area contributed by atoms with Crippen molar-refractivity contribution < 1.29 is 9.18 Å². The van der Waals surface area contributed by atoms with E-state index < -0.39 is 6.17 Å². The van der Waals surface area contributed by atoms with E-state index in [0.717, 1.165) is 16.7 Å². The van der Waals surface area contributed by atoms with Crippen LogP contribution in [0.2, 0.25) is 0 Å². The molecule has 21 heavy (non-hydrogen) atoms. The third-order valence-electron chi connectivity index (χ3n) is 3.80. The zero-order chi connectivity index (χ0) is 16.3. The first-order valence-electron chi connectivity index (χ1n) is 7.64. The lowest BCUT2D eigenvalue weighted by molar-refractivity contribution is -0.111. The van der Waals surface area contributed by atoms with Gasteiger partial charge in [-0.25, -0.2) is 4.39 Å². The Labute approximate surface area is 132 Å². The number of hydrogen-bond acceptors (Lipinski definition) is 1. The van der Waals surface area contributed by atoms with Crippen molar-refractivity contribution in [2.24, 2.45) is 5.92 Å². The molecule has 0 amide bonds. The van der Waals surface area contributed by atoms with Gasteiger partial charge in [-0.1, -0.05) is 53.7 Å². The lowest BCUT2D eigenvalue weighted by Crippen LogP contribution is -2.10. The molecule has 0 N–H and O–H groups in total. The zero-order valence-corrected chi connectivity index (χ0v) is 14.6. The van der Waals surface area contributed by atoms with Crippen molar-refractivity contribution in [1.82, 2.24) is 0 Å². The van der Waals surface area contributed by atoms with E-state index >= 15 is 0 Å². The molecular formula is C18H26ClFO. The number of carbonyl (C=O) groups is 1. The molecule has 0 radical (unpaired) electrons. The Hall–Kier alpha value is -0.890. The third-order valence-corrected chi connectivity index (χ3v) is 3.94. The largest absolute Gasteiger partial charge is 0.281 e. The van der Waals surface area contributed by atoms with Crippen LogP contribution in [0.4, 0.5) is 4.39 Å². The highest BCUT2D eigenvalue weighted by molar-refractivity contribution is 6.63. The summed E-state index contributed by atoms with van der Waals surface area (Å²) in [6, 6.07) is 3.83. The van der Waals surface area contributed by atoms with Crippen LogP contribution in [0.25, 0.3) is 0 Å². The van der Waals surface area contributed by atoms with Gasteiger partial charge in [-0.15, -0.1) is 0 Å². The molecule has 1 aromatic carbocycles. The summed E-state index contributed by atoms with van der Waals surface area (Å²) in [5.74, 6) is 0.395. The third kappa shape index (κ3) is 4.54. The Morgan fingerprint density at radius 1 is 1.05 bits per heavy atom. The van der Waals surface area contributed by atoms with Gasteiger partial charge >= 0.3 is 0 Å². The van der Waals surface area contributed by atoms with Crippen LogP contribution < -0.4 is 0 Å². The molecule has 0 saturated heterocycles. The minimum absolute atomic E-state index is 0.0643. The van der Waals surface area contributed by atoms with Crippen LogP contribution in [-0.4, -0.2) is 5.24 Å². The van der Waals surface area contributed by atoms with Crippen LogP contribution in [0, 0.1) is 5.92 Å². The Morgan fingerprint density at radius 3 is 1.76 bits per heavy atom. The number of carbonyl (C=O) groups excluding carboxylic acids is 1. The van der Waals surface area contributed by atoms with Gasteiger partial charge in [0.05, 0.1) is 0 Å². The quantitative estimate of drug-likeness (QED) is 0.597. The molecule has 1 rings (SSSR count). The summed E-state index contributed by atoms with van der Waals surface area (Å²) in [6.45, 7) is 12.0. The molecule has 118 valence electrons. The second-order valence-electron chi connectivity index (χ2n) is 6.66. The SMILES string of the molecule is CC(C)c1cc(C(F)C(C)C)cc(C(C)C)c1CC(=O)Cl. The minimum Gasteiger partial charge on any atom is -0.281 e. The highest BCUT2D eigenvalue weighted by Gasteiger charge is 2.22. The summed E-state index contributed by atoms with van der Waals surface area (Å²) < 4.78 is 14.4. The van der Waals surface area contributed by atoms with E-state index in [0.29, 0.717) is 5.56 Å². The van der Waals surface area contributed by atoms with Gasteiger partial charge in [0.1, 0.15) is 6.17 Å². The van der Waals surface area contributed by atoms with E-state index in [2.05, 4.69) is 27.7 Å². The van der Waals surface area contributed by atoms with E-state index in [4.69, 9.17) is 11.6 Å². The highest BCUT2D eigenvalue weighted by atomic mass is 35.5. The summed E-state index contributed by atoms with van der Waals surface area (Å²) in [4.78, 5) is 11.4. The monoisotopic (exact) mass is 312 g/mol. The average Bonchev–Trinajstić information content (AvgIpc) is 2.36. The maximum absolute atomic E-state index is 14.4. The standard InChI is InChI=1S/C18H26ClFO/c1-10(2)14-7-13(18(20)12(5)6)8-15(11(3)4)16(14)9-17(19)21/h7-8,10-12,18H,9H2,1-6H3. The Kier molecular flexibility index (Phi) is 6.40. The molecule has 0 aliphatic rings. The number of halogens is 2. The molecule has 1 unspecified atom stereocenters. The smallest absolute Gasteiger partial charge is 0.226 e. The van der Waals surface area contributed by atoms with Crippen molar-refractivity contribution in [3.63, 3.8) is 0 Å². The first-order chi connectivity index (χ1) is 9.65. The second-order valence-corrected chi connectivity index (χ2v) is 7.09. The van der Waals surface area contributed by atoms with Crippen molar-refractivity contribution in [2.45, 2.75) is 66.0 Å². The molecule has 0 saturated carbocycles. The molecule has 1 aromatic rings. The van der Waals surface area contributed by atoms with Gasteiger partial charge < -0.3 is 0 Å². The first kappa shape index (κ1) is 18.2. The van der Waals surface area contributed by atoms with Crippen molar-refractivity contribution in [2.75, 3.05) is 0 Å².